The van der Waals surface area contributed by atoms with Crippen LogP contribution in [-0.4, -0.2) is 18.7 Å². The molecule has 0 aromatic carbocycles. The maximum Gasteiger partial charge on any atom is 0.268 e. The smallest absolute Gasteiger partial charge is 0.268 e. The zero-order valence-corrected chi connectivity index (χ0v) is 8.56. The number of hydrogen-bond acceptors (Lipinski definition) is 2. The van der Waals surface area contributed by atoms with Crippen molar-refractivity contribution in [2.75, 3.05) is 5.75 Å². The predicted molar refractivity (Wildman–Crippen MR) is 51.7 cm³/mol. The van der Waals surface area contributed by atoms with Gasteiger partial charge < -0.3 is 0 Å². The highest BCUT2D eigenvalue weighted by atomic mass is 32.2. The van der Waals surface area contributed by atoms with Crippen LogP contribution in [0.4, 0.5) is 0 Å². The summed E-state index contributed by atoms with van der Waals surface area (Å²) in [6.45, 7) is 9.31. The summed E-state index contributed by atoms with van der Waals surface area (Å²) in [5.41, 5.74) is 1.38. The van der Waals surface area contributed by atoms with E-state index < -0.39 is 10.1 Å². The highest BCUT2D eigenvalue weighted by Gasteiger charge is 1.95. The van der Waals surface area contributed by atoms with E-state index in [1.165, 1.54) is 5.57 Å². The van der Waals surface area contributed by atoms with E-state index >= 15 is 0 Å². The van der Waals surface area contributed by atoms with Gasteiger partial charge in [-0.25, -0.2) is 0 Å². The van der Waals surface area contributed by atoms with Gasteiger partial charge in [-0.2, -0.15) is 8.42 Å². The maximum atomic E-state index is 9.72. The topological polar surface area (TPSA) is 54.4 Å². The second-order valence-corrected chi connectivity index (χ2v) is 3.90. The van der Waals surface area contributed by atoms with Crippen LogP contribution in [0.25, 0.3) is 0 Å². The molecule has 0 fully saturated rings. The van der Waals surface area contributed by atoms with E-state index in [0.29, 0.717) is 0 Å². The van der Waals surface area contributed by atoms with Gasteiger partial charge in [-0.1, -0.05) is 17.7 Å². The van der Waals surface area contributed by atoms with E-state index in [1.807, 2.05) is 6.92 Å². The van der Waals surface area contributed by atoms with E-state index in [4.69, 9.17) is 4.55 Å². The molecule has 0 aliphatic heterocycles. The zero-order chi connectivity index (χ0) is 10.2. The van der Waals surface area contributed by atoms with Gasteiger partial charge in [-0.05, 0) is 20.8 Å². The Morgan fingerprint density at radius 3 is 1.83 bits per heavy atom. The standard InChI is InChI=1S/C5H10.C3H6O3S/c1-4-5(2)3;1-2-3-7(4,5)6/h4H,1-3H3;2H,1,3H2,(H,4,5,6). The third-order valence-corrected chi connectivity index (χ3v) is 1.56. The molecule has 1 N–H and O–H groups in total. The average molecular weight is 192 g/mol. The van der Waals surface area contributed by atoms with E-state index in [2.05, 4.69) is 26.5 Å². The van der Waals surface area contributed by atoms with Crippen molar-refractivity contribution in [1.29, 1.82) is 0 Å². The molecule has 4 heteroatoms. The minimum absolute atomic E-state index is 0.368. The Morgan fingerprint density at radius 1 is 1.50 bits per heavy atom. The van der Waals surface area contributed by atoms with Crippen LogP contribution >= 0.6 is 0 Å². The van der Waals surface area contributed by atoms with Crippen LogP contribution < -0.4 is 0 Å². The minimum Gasteiger partial charge on any atom is -0.285 e. The largest absolute Gasteiger partial charge is 0.285 e. The van der Waals surface area contributed by atoms with Gasteiger partial charge in [0.1, 0.15) is 0 Å². The van der Waals surface area contributed by atoms with Crippen molar-refractivity contribution in [3.8, 4) is 0 Å². The van der Waals surface area contributed by atoms with Gasteiger partial charge in [-0.15, -0.1) is 6.58 Å². The lowest BCUT2D eigenvalue weighted by atomic mass is 10.3. The summed E-state index contributed by atoms with van der Waals surface area (Å²) in [6.07, 6.45) is 3.20. The van der Waals surface area contributed by atoms with Crippen molar-refractivity contribution in [2.24, 2.45) is 0 Å². The average Bonchev–Trinajstić information content (AvgIpc) is 1.86. The highest BCUT2D eigenvalue weighted by molar-refractivity contribution is 7.85. The van der Waals surface area contributed by atoms with Crippen molar-refractivity contribution in [2.45, 2.75) is 20.8 Å². The van der Waals surface area contributed by atoms with Gasteiger partial charge in [0.2, 0.25) is 0 Å². The van der Waals surface area contributed by atoms with Crippen LogP contribution in [-0.2, 0) is 10.1 Å². The number of rotatable bonds is 2. The summed E-state index contributed by atoms with van der Waals surface area (Å²) in [7, 11) is -3.79. The molecule has 0 aliphatic rings. The SMILES string of the molecule is C=CCS(=O)(=O)O.CC=C(C)C. The molecule has 0 atom stereocenters. The number of hydrogen-bond donors (Lipinski definition) is 1. The molecule has 3 nitrogen and oxygen atoms in total. The van der Waals surface area contributed by atoms with Crippen LogP contribution in [0.2, 0.25) is 0 Å². The summed E-state index contributed by atoms with van der Waals surface area (Å²) < 4.78 is 27.3. The Bertz CT molecular complexity index is 233. The molecule has 72 valence electrons. The molecule has 0 unspecified atom stereocenters. The van der Waals surface area contributed by atoms with Crippen LogP contribution in [0, 0.1) is 0 Å². The second-order valence-electron chi connectivity index (χ2n) is 2.40. The van der Waals surface area contributed by atoms with Gasteiger partial charge in [-0.3, -0.25) is 4.55 Å². The molecular weight excluding hydrogens is 176 g/mol. The zero-order valence-electron chi connectivity index (χ0n) is 7.74. The van der Waals surface area contributed by atoms with E-state index in [9.17, 15) is 8.42 Å². The summed E-state index contributed by atoms with van der Waals surface area (Å²) in [6, 6.07) is 0. The molecule has 0 aromatic heterocycles. The first-order valence-electron chi connectivity index (χ1n) is 3.49. The van der Waals surface area contributed by atoms with Gasteiger partial charge >= 0.3 is 0 Å². The Hall–Kier alpha value is -0.610. The lowest BCUT2D eigenvalue weighted by Crippen LogP contribution is -1.99. The van der Waals surface area contributed by atoms with Crippen LogP contribution in [0.3, 0.4) is 0 Å². The Kier molecular flexibility index (Phi) is 8.21. The summed E-state index contributed by atoms with van der Waals surface area (Å²) in [5, 5.41) is 0. The van der Waals surface area contributed by atoms with Crippen molar-refractivity contribution in [3.63, 3.8) is 0 Å². The monoisotopic (exact) mass is 192 g/mol. The fraction of sp³-hybridized carbons (Fsp3) is 0.500. The summed E-state index contributed by atoms with van der Waals surface area (Å²) in [5.74, 6) is -0.368. The molecule has 12 heavy (non-hydrogen) atoms. The quantitative estimate of drug-likeness (QED) is 0.538. The molecule has 0 rings (SSSR count). The van der Waals surface area contributed by atoms with Gasteiger partial charge in [0.05, 0.1) is 5.75 Å². The van der Waals surface area contributed by atoms with Gasteiger partial charge in [0.25, 0.3) is 10.1 Å². The lowest BCUT2D eigenvalue weighted by molar-refractivity contribution is 0.487. The van der Waals surface area contributed by atoms with Crippen molar-refractivity contribution in [1.82, 2.24) is 0 Å². The van der Waals surface area contributed by atoms with Crippen molar-refractivity contribution >= 4 is 10.1 Å². The summed E-state index contributed by atoms with van der Waals surface area (Å²) in [4.78, 5) is 0. The van der Waals surface area contributed by atoms with E-state index in [0.717, 1.165) is 6.08 Å². The van der Waals surface area contributed by atoms with Gasteiger partial charge in [0.15, 0.2) is 0 Å². The molecule has 0 heterocycles. The fourth-order valence-corrected chi connectivity index (χ4v) is 0.447. The van der Waals surface area contributed by atoms with Gasteiger partial charge in [0, 0.05) is 0 Å². The van der Waals surface area contributed by atoms with Crippen molar-refractivity contribution < 1.29 is 13.0 Å². The third kappa shape index (κ3) is 22.8. The summed E-state index contributed by atoms with van der Waals surface area (Å²) >= 11 is 0. The van der Waals surface area contributed by atoms with Crippen LogP contribution in [0.5, 0.6) is 0 Å². The first kappa shape index (κ1) is 13.9. The third-order valence-electron chi connectivity index (χ3n) is 0.906. The predicted octanol–water partition coefficient (Wildman–Crippen LogP) is 2.03. The Balaban J connectivity index is 0. The molecular formula is C8H16O3S. The molecule has 0 aliphatic carbocycles. The van der Waals surface area contributed by atoms with Crippen LogP contribution in [0.1, 0.15) is 20.8 Å². The Labute approximate surface area is 74.5 Å². The fourth-order valence-electron chi connectivity index (χ4n) is 0.149. The van der Waals surface area contributed by atoms with E-state index in [-0.39, 0.29) is 5.75 Å². The molecule has 0 aromatic rings. The Morgan fingerprint density at radius 2 is 1.83 bits per heavy atom. The molecule has 0 amide bonds. The molecule has 0 saturated carbocycles. The lowest BCUT2D eigenvalue weighted by Gasteiger charge is -1.82. The first-order valence-corrected chi connectivity index (χ1v) is 5.10. The molecule has 0 saturated heterocycles. The normalized spacial score (nSPS) is 9.33. The molecule has 0 spiro atoms. The van der Waals surface area contributed by atoms with Crippen molar-refractivity contribution in [3.05, 3.63) is 24.3 Å². The first-order chi connectivity index (χ1) is 5.33. The molecule has 0 radical (unpaired) electrons. The maximum absolute atomic E-state index is 9.72. The molecule has 0 bridgehead atoms. The van der Waals surface area contributed by atoms with Crippen LogP contribution in [0.15, 0.2) is 24.3 Å². The minimum atomic E-state index is -3.79. The number of allylic oxidation sites excluding steroid dienone is 2. The van der Waals surface area contributed by atoms with E-state index in [1.54, 1.807) is 0 Å². The second kappa shape index (κ2) is 7.06. The highest BCUT2D eigenvalue weighted by Crippen LogP contribution is 1.82.